The Hall–Kier alpha value is -1.61. The Bertz CT molecular complexity index is 645. The quantitative estimate of drug-likeness (QED) is 0.462. The van der Waals surface area contributed by atoms with E-state index in [1.54, 1.807) is 14.2 Å². The molecule has 26 heavy (non-hydrogen) atoms. The van der Waals surface area contributed by atoms with Crippen LogP contribution in [0.1, 0.15) is 24.5 Å². The average molecular weight is 376 g/mol. The Morgan fingerprint density at radius 1 is 0.769 bits per heavy atom. The third kappa shape index (κ3) is 5.44. The molecule has 0 saturated heterocycles. The van der Waals surface area contributed by atoms with Gasteiger partial charge in [0.25, 0.3) is 0 Å². The van der Waals surface area contributed by atoms with E-state index in [-0.39, 0.29) is 13.6 Å². The molecule has 0 bridgehead atoms. The second-order valence-electron chi connectivity index (χ2n) is 6.20. The number of ether oxygens (including phenoxy) is 4. The van der Waals surface area contributed by atoms with Crippen molar-refractivity contribution < 1.29 is 18.9 Å². The highest BCUT2D eigenvalue weighted by Gasteiger charge is 2.22. The Balaban J connectivity index is 2.52. The number of hydrogen-bond donors (Lipinski definition) is 0. The van der Waals surface area contributed by atoms with Crippen molar-refractivity contribution in [2.24, 2.45) is 0 Å². The SMILES string of the molecule is CCCP(c1cc(C)ccc1OCOC)c1cc(C)ccc1OCOC. The van der Waals surface area contributed by atoms with E-state index in [0.717, 1.165) is 24.1 Å². The minimum Gasteiger partial charge on any atom is -0.467 e. The first-order valence-corrected chi connectivity index (χ1v) is 10.4. The first kappa shape index (κ1) is 20.7. The summed E-state index contributed by atoms with van der Waals surface area (Å²) >= 11 is 0. The Kier molecular flexibility index (Phi) is 8.37. The summed E-state index contributed by atoms with van der Waals surface area (Å²) in [5, 5.41) is 2.46. The topological polar surface area (TPSA) is 36.9 Å². The predicted molar refractivity (Wildman–Crippen MR) is 109 cm³/mol. The molecule has 0 saturated carbocycles. The fourth-order valence-corrected chi connectivity index (χ4v) is 5.48. The first-order valence-electron chi connectivity index (χ1n) is 8.83. The van der Waals surface area contributed by atoms with E-state index in [9.17, 15) is 0 Å². The van der Waals surface area contributed by atoms with Crippen LogP contribution in [0.15, 0.2) is 36.4 Å². The molecule has 2 aromatic carbocycles. The second kappa shape index (κ2) is 10.5. The lowest BCUT2D eigenvalue weighted by Crippen LogP contribution is -2.20. The lowest BCUT2D eigenvalue weighted by atomic mass is 10.2. The van der Waals surface area contributed by atoms with E-state index < -0.39 is 7.92 Å². The largest absolute Gasteiger partial charge is 0.467 e. The second-order valence-corrected chi connectivity index (χ2v) is 8.46. The van der Waals surface area contributed by atoms with Gasteiger partial charge in [0.1, 0.15) is 11.5 Å². The third-order valence-corrected chi connectivity index (χ3v) is 6.68. The van der Waals surface area contributed by atoms with Gasteiger partial charge in [0.05, 0.1) is 0 Å². The van der Waals surface area contributed by atoms with Gasteiger partial charge in [-0.25, -0.2) is 0 Å². The predicted octanol–water partition coefficient (Wildman–Crippen LogP) is 4.11. The van der Waals surface area contributed by atoms with Crippen molar-refractivity contribution in [3.8, 4) is 11.5 Å². The monoisotopic (exact) mass is 376 g/mol. The van der Waals surface area contributed by atoms with E-state index in [1.165, 1.54) is 21.7 Å². The van der Waals surface area contributed by atoms with Gasteiger partial charge in [-0.1, -0.05) is 36.6 Å². The lowest BCUT2D eigenvalue weighted by Gasteiger charge is -2.24. The molecule has 0 radical (unpaired) electrons. The number of methoxy groups -OCH3 is 2. The van der Waals surface area contributed by atoms with Crippen LogP contribution in [-0.2, 0) is 9.47 Å². The molecule has 0 N–H and O–H groups in total. The van der Waals surface area contributed by atoms with Gasteiger partial charge >= 0.3 is 0 Å². The molecule has 2 rings (SSSR count). The summed E-state index contributed by atoms with van der Waals surface area (Å²) < 4.78 is 22.0. The molecule has 0 heterocycles. The van der Waals surface area contributed by atoms with E-state index in [0.29, 0.717) is 0 Å². The summed E-state index contributed by atoms with van der Waals surface area (Å²) in [5.74, 6) is 1.77. The molecule has 0 aliphatic carbocycles. The van der Waals surface area contributed by atoms with Crippen molar-refractivity contribution in [2.45, 2.75) is 27.2 Å². The summed E-state index contributed by atoms with van der Waals surface area (Å²) in [5.41, 5.74) is 2.45. The molecule has 0 amide bonds. The van der Waals surface area contributed by atoms with Crippen LogP contribution in [0.3, 0.4) is 0 Å². The Morgan fingerprint density at radius 2 is 1.23 bits per heavy atom. The van der Waals surface area contributed by atoms with E-state index in [4.69, 9.17) is 18.9 Å². The molecule has 0 fully saturated rings. The van der Waals surface area contributed by atoms with Gasteiger partial charge in [-0.3, -0.25) is 0 Å². The maximum atomic E-state index is 5.87. The van der Waals surface area contributed by atoms with Crippen molar-refractivity contribution in [1.82, 2.24) is 0 Å². The molecule has 0 aromatic heterocycles. The molecule has 0 aliphatic heterocycles. The molecule has 5 heteroatoms. The molecular formula is C21H29O4P. The summed E-state index contributed by atoms with van der Waals surface area (Å²) in [7, 11) is 2.66. The Morgan fingerprint density at radius 3 is 1.62 bits per heavy atom. The zero-order valence-corrected chi connectivity index (χ0v) is 17.3. The van der Waals surface area contributed by atoms with E-state index >= 15 is 0 Å². The summed E-state index contributed by atoms with van der Waals surface area (Å²) in [4.78, 5) is 0. The highest BCUT2D eigenvalue weighted by atomic mass is 31.1. The summed E-state index contributed by atoms with van der Waals surface area (Å²) in [6, 6.07) is 12.7. The lowest BCUT2D eigenvalue weighted by molar-refractivity contribution is 0.0518. The van der Waals surface area contributed by atoms with Crippen LogP contribution in [-0.4, -0.2) is 34.0 Å². The van der Waals surface area contributed by atoms with Crippen LogP contribution >= 0.6 is 7.92 Å². The van der Waals surface area contributed by atoms with Crippen molar-refractivity contribution in [3.63, 3.8) is 0 Å². The number of benzene rings is 2. The first-order chi connectivity index (χ1) is 12.6. The molecule has 4 nitrogen and oxygen atoms in total. The minimum atomic E-state index is -0.619. The maximum Gasteiger partial charge on any atom is 0.188 e. The summed E-state index contributed by atoms with van der Waals surface area (Å²) in [6.45, 7) is 6.92. The highest BCUT2D eigenvalue weighted by Crippen LogP contribution is 2.41. The highest BCUT2D eigenvalue weighted by molar-refractivity contribution is 7.73. The zero-order valence-electron chi connectivity index (χ0n) is 16.4. The maximum absolute atomic E-state index is 5.87. The third-order valence-electron chi connectivity index (χ3n) is 3.92. The summed E-state index contributed by atoms with van der Waals surface area (Å²) in [6.07, 6.45) is 2.15. The van der Waals surface area contributed by atoms with Crippen LogP contribution < -0.4 is 20.1 Å². The average Bonchev–Trinajstić information content (AvgIpc) is 2.64. The van der Waals surface area contributed by atoms with E-state index in [2.05, 4.69) is 45.0 Å². The van der Waals surface area contributed by atoms with Gasteiger partial charge in [-0.2, -0.15) is 0 Å². The minimum absolute atomic E-state index is 0.242. The molecule has 0 aliphatic rings. The smallest absolute Gasteiger partial charge is 0.188 e. The van der Waals surface area contributed by atoms with Gasteiger partial charge in [-0.15, -0.1) is 0 Å². The van der Waals surface area contributed by atoms with Gasteiger partial charge < -0.3 is 18.9 Å². The molecule has 0 atom stereocenters. The zero-order chi connectivity index (χ0) is 18.9. The fourth-order valence-electron chi connectivity index (χ4n) is 2.76. The number of hydrogen-bond acceptors (Lipinski definition) is 4. The number of rotatable bonds is 10. The van der Waals surface area contributed by atoms with Gasteiger partial charge in [0.2, 0.25) is 0 Å². The van der Waals surface area contributed by atoms with Crippen LogP contribution in [0.4, 0.5) is 0 Å². The molecular weight excluding hydrogens is 347 g/mol. The molecule has 142 valence electrons. The molecule has 0 unspecified atom stereocenters. The molecule has 2 aromatic rings. The van der Waals surface area contributed by atoms with Crippen molar-refractivity contribution >= 4 is 18.5 Å². The Labute approximate surface area is 158 Å². The number of aryl methyl sites for hydroxylation is 2. The van der Waals surface area contributed by atoms with Gasteiger partial charge in [0, 0.05) is 24.8 Å². The van der Waals surface area contributed by atoms with Gasteiger partial charge in [0.15, 0.2) is 13.6 Å². The van der Waals surface area contributed by atoms with Crippen LogP contribution in [0.2, 0.25) is 0 Å². The standard InChI is InChI=1S/C21H29O4P/c1-6-11-26(20-12-16(2)7-9-18(20)24-14-22-4)21-13-17(3)8-10-19(21)25-15-23-5/h7-10,12-13H,6,11,14-15H2,1-5H3. The van der Waals surface area contributed by atoms with Crippen LogP contribution in [0.5, 0.6) is 11.5 Å². The van der Waals surface area contributed by atoms with E-state index in [1.807, 2.05) is 12.1 Å². The molecule has 0 spiro atoms. The van der Waals surface area contributed by atoms with Crippen LogP contribution in [0, 0.1) is 13.8 Å². The van der Waals surface area contributed by atoms with Crippen molar-refractivity contribution in [2.75, 3.05) is 34.0 Å². The van der Waals surface area contributed by atoms with Crippen molar-refractivity contribution in [3.05, 3.63) is 47.5 Å². The van der Waals surface area contributed by atoms with Crippen molar-refractivity contribution in [1.29, 1.82) is 0 Å². The fraction of sp³-hybridized carbons (Fsp3) is 0.429. The normalized spacial score (nSPS) is 11.0. The van der Waals surface area contributed by atoms with Crippen LogP contribution in [0.25, 0.3) is 0 Å². The van der Waals surface area contributed by atoms with Gasteiger partial charge in [-0.05, 0) is 52.2 Å².